The Morgan fingerprint density at radius 3 is 2.71 bits per heavy atom. The molecule has 2 rings (SSSR count). The second-order valence-corrected chi connectivity index (χ2v) is 6.49. The van der Waals surface area contributed by atoms with Crippen LogP contribution >= 0.6 is 0 Å². The summed E-state index contributed by atoms with van der Waals surface area (Å²) in [6.45, 7) is 3.55. The second-order valence-electron chi connectivity index (χ2n) is 6.49. The summed E-state index contributed by atoms with van der Waals surface area (Å²) >= 11 is 0. The number of carboxylic acid groups (broad SMARTS) is 1. The molecule has 1 aromatic rings. The number of nitrogens with one attached hydrogen (secondary N) is 2. The average molecular weight is 332 g/mol. The maximum absolute atomic E-state index is 12.6. The number of aliphatic carboxylic acids is 1. The van der Waals surface area contributed by atoms with Crippen LogP contribution < -0.4 is 10.6 Å². The summed E-state index contributed by atoms with van der Waals surface area (Å²) in [6, 6.07) is 6.66. The van der Waals surface area contributed by atoms with Crippen molar-refractivity contribution in [3.8, 4) is 0 Å². The first kappa shape index (κ1) is 18.0. The van der Waals surface area contributed by atoms with E-state index in [2.05, 4.69) is 10.6 Å². The molecular formula is C18H24N2O4. The molecule has 6 heteroatoms. The molecule has 1 fully saturated rings. The van der Waals surface area contributed by atoms with Gasteiger partial charge in [-0.25, -0.2) is 0 Å². The molecule has 1 aliphatic rings. The summed E-state index contributed by atoms with van der Waals surface area (Å²) in [4.78, 5) is 35.5. The third kappa shape index (κ3) is 4.13. The minimum Gasteiger partial charge on any atom is -0.481 e. The van der Waals surface area contributed by atoms with Crippen LogP contribution in [0.15, 0.2) is 24.3 Å². The van der Waals surface area contributed by atoms with Crippen LogP contribution in [0.5, 0.6) is 0 Å². The Bertz CT molecular complexity index is 644. The van der Waals surface area contributed by atoms with Crippen LogP contribution in [0.4, 0.5) is 5.69 Å². The minimum absolute atomic E-state index is 0.127. The predicted molar refractivity (Wildman–Crippen MR) is 90.8 cm³/mol. The quantitative estimate of drug-likeness (QED) is 0.772. The Balaban J connectivity index is 2.15. The van der Waals surface area contributed by atoms with Gasteiger partial charge in [0.1, 0.15) is 0 Å². The van der Waals surface area contributed by atoms with Gasteiger partial charge in [-0.3, -0.25) is 14.4 Å². The molecule has 2 amide bonds. The van der Waals surface area contributed by atoms with Gasteiger partial charge in [0, 0.05) is 17.7 Å². The summed E-state index contributed by atoms with van der Waals surface area (Å²) in [7, 11) is 0. The van der Waals surface area contributed by atoms with Gasteiger partial charge in [-0.1, -0.05) is 25.8 Å². The van der Waals surface area contributed by atoms with E-state index in [1.165, 1.54) is 0 Å². The molecule has 2 unspecified atom stereocenters. The van der Waals surface area contributed by atoms with Crippen molar-refractivity contribution >= 4 is 23.5 Å². The molecule has 1 saturated carbocycles. The summed E-state index contributed by atoms with van der Waals surface area (Å²) in [5.74, 6) is -1.91. The molecule has 1 aromatic carbocycles. The molecule has 24 heavy (non-hydrogen) atoms. The van der Waals surface area contributed by atoms with Gasteiger partial charge in [0.25, 0.3) is 5.91 Å². The van der Waals surface area contributed by atoms with Crippen molar-refractivity contribution < 1.29 is 19.5 Å². The highest BCUT2D eigenvalue weighted by atomic mass is 16.4. The van der Waals surface area contributed by atoms with Crippen LogP contribution in [0.2, 0.25) is 0 Å². The number of hydrogen-bond donors (Lipinski definition) is 3. The Morgan fingerprint density at radius 1 is 1.29 bits per heavy atom. The maximum atomic E-state index is 12.6. The number of rotatable bonds is 5. The lowest BCUT2D eigenvalue weighted by atomic mass is 9.73. The third-order valence-electron chi connectivity index (χ3n) is 4.63. The first-order chi connectivity index (χ1) is 11.4. The fourth-order valence-electron chi connectivity index (χ4n) is 3.20. The zero-order valence-corrected chi connectivity index (χ0v) is 14.1. The Kier molecular flexibility index (Phi) is 5.59. The van der Waals surface area contributed by atoms with Gasteiger partial charge >= 0.3 is 5.97 Å². The SMILES string of the molecule is CCC(=O)Nc1cccc(C(=O)NC2(C)CCCCC2C(=O)O)c1. The van der Waals surface area contributed by atoms with Gasteiger partial charge in [-0.15, -0.1) is 0 Å². The zero-order valence-electron chi connectivity index (χ0n) is 14.1. The zero-order chi connectivity index (χ0) is 17.7. The van der Waals surface area contributed by atoms with Gasteiger partial charge in [-0.2, -0.15) is 0 Å². The number of hydrogen-bond acceptors (Lipinski definition) is 3. The number of benzene rings is 1. The van der Waals surface area contributed by atoms with E-state index in [-0.39, 0.29) is 11.8 Å². The predicted octanol–water partition coefficient (Wildman–Crippen LogP) is 2.80. The van der Waals surface area contributed by atoms with E-state index in [0.29, 0.717) is 30.5 Å². The van der Waals surface area contributed by atoms with Crippen LogP contribution in [-0.4, -0.2) is 28.4 Å². The molecule has 130 valence electrons. The average Bonchev–Trinajstić information content (AvgIpc) is 2.54. The minimum atomic E-state index is -0.874. The molecule has 2 atom stereocenters. The Hall–Kier alpha value is -2.37. The fraction of sp³-hybridized carbons (Fsp3) is 0.500. The molecule has 0 saturated heterocycles. The monoisotopic (exact) mass is 332 g/mol. The summed E-state index contributed by atoms with van der Waals surface area (Å²) < 4.78 is 0. The van der Waals surface area contributed by atoms with E-state index in [1.807, 2.05) is 0 Å². The first-order valence-corrected chi connectivity index (χ1v) is 8.31. The van der Waals surface area contributed by atoms with E-state index in [0.717, 1.165) is 12.8 Å². The lowest BCUT2D eigenvalue weighted by Crippen LogP contribution is -2.55. The van der Waals surface area contributed by atoms with Crippen molar-refractivity contribution in [2.24, 2.45) is 5.92 Å². The number of carbonyl (C=O) groups excluding carboxylic acids is 2. The molecular weight excluding hydrogens is 308 g/mol. The van der Waals surface area contributed by atoms with Crippen LogP contribution in [0.1, 0.15) is 56.3 Å². The summed E-state index contributed by atoms with van der Waals surface area (Å²) in [5, 5.41) is 15.0. The first-order valence-electron chi connectivity index (χ1n) is 8.31. The van der Waals surface area contributed by atoms with Crippen LogP contribution in [0.3, 0.4) is 0 Å². The Labute approximate surface area is 141 Å². The van der Waals surface area contributed by atoms with Gasteiger partial charge in [-0.05, 0) is 38.0 Å². The molecule has 3 N–H and O–H groups in total. The third-order valence-corrected chi connectivity index (χ3v) is 4.63. The van der Waals surface area contributed by atoms with E-state index in [4.69, 9.17) is 0 Å². The fourth-order valence-corrected chi connectivity index (χ4v) is 3.20. The lowest BCUT2D eigenvalue weighted by molar-refractivity contribution is -0.145. The van der Waals surface area contributed by atoms with Gasteiger partial charge in [0.15, 0.2) is 0 Å². The molecule has 0 aromatic heterocycles. The molecule has 1 aliphatic carbocycles. The highest BCUT2D eigenvalue weighted by Gasteiger charge is 2.42. The molecule has 0 heterocycles. The smallest absolute Gasteiger partial charge is 0.308 e. The second kappa shape index (κ2) is 7.47. The van der Waals surface area contributed by atoms with E-state index < -0.39 is 17.4 Å². The molecule has 0 spiro atoms. The highest BCUT2D eigenvalue weighted by Crippen LogP contribution is 2.34. The normalized spacial score (nSPS) is 23.3. The standard InChI is InChI=1S/C18H24N2O4/c1-3-15(21)19-13-8-6-7-12(11-13)16(22)20-18(2)10-5-4-9-14(18)17(23)24/h6-8,11,14H,3-5,9-10H2,1-2H3,(H,19,21)(H,20,22)(H,23,24). The molecule has 6 nitrogen and oxygen atoms in total. The van der Waals surface area contributed by atoms with E-state index in [1.54, 1.807) is 38.1 Å². The van der Waals surface area contributed by atoms with Crippen molar-refractivity contribution in [3.05, 3.63) is 29.8 Å². The van der Waals surface area contributed by atoms with Crippen LogP contribution in [0, 0.1) is 5.92 Å². The highest BCUT2D eigenvalue weighted by molar-refractivity contribution is 5.97. The number of amides is 2. The van der Waals surface area contributed by atoms with Gasteiger partial charge in [0.05, 0.1) is 11.5 Å². The number of carbonyl (C=O) groups is 3. The van der Waals surface area contributed by atoms with E-state index >= 15 is 0 Å². The van der Waals surface area contributed by atoms with Crippen LogP contribution in [-0.2, 0) is 9.59 Å². The number of carboxylic acids is 1. The Morgan fingerprint density at radius 2 is 2.04 bits per heavy atom. The van der Waals surface area contributed by atoms with Crippen molar-refractivity contribution in [1.29, 1.82) is 0 Å². The molecule has 0 radical (unpaired) electrons. The maximum Gasteiger partial charge on any atom is 0.308 e. The van der Waals surface area contributed by atoms with Crippen molar-refractivity contribution in [2.75, 3.05) is 5.32 Å². The molecule has 0 bridgehead atoms. The van der Waals surface area contributed by atoms with Crippen molar-refractivity contribution in [2.45, 2.75) is 51.5 Å². The largest absolute Gasteiger partial charge is 0.481 e. The number of anilines is 1. The summed E-state index contributed by atoms with van der Waals surface area (Å²) in [6.07, 6.45) is 3.32. The van der Waals surface area contributed by atoms with Crippen molar-refractivity contribution in [3.63, 3.8) is 0 Å². The van der Waals surface area contributed by atoms with Crippen LogP contribution in [0.25, 0.3) is 0 Å². The van der Waals surface area contributed by atoms with Gasteiger partial charge < -0.3 is 15.7 Å². The van der Waals surface area contributed by atoms with Gasteiger partial charge in [0.2, 0.25) is 5.91 Å². The van der Waals surface area contributed by atoms with Crippen molar-refractivity contribution in [1.82, 2.24) is 5.32 Å². The lowest BCUT2D eigenvalue weighted by Gasteiger charge is -2.39. The topological polar surface area (TPSA) is 95.5 Å². The summed E-state index contributed by atoms with van der Waals surface area (Å²) in [5.41, 5.74) is 0.196. The molecule has 0 aliphatic heterocycles. The van der Waals surface area contributed by atoms with E-state index in [9.17, 15) is 19.5 Å².